The van der Waals surface area contributed by atoms with Gasteiger partial charge in [-0.2, -0.15) is 11.3 Å². The second-order valence-corrected chi connectivity index (χ2v) is 10.7. The quantitative estimate of drug-likeness (QED) is 0.172. The zero-order chi connectivity index (χ0) is 26.6. The van der Waals surface area contributed by atoms with Crippen molar-refractivity contribution in [3.05, 3.63) is 122 Å². The van der Waals surface area contributed by atoms with E-state index in [-0.39, 0.29) is 21.1 Å². The van der Waals surface area contributed by atoms with Gasteiger partial charge < -0.3 is 14.1 Å². The number of pyridine rings is 1. The first-order valence-electron chi connectivity index (χ1n) is 13.0. The van der Waals surface area contributed by atoms with Gasteiger partial charge in [-0.25, -0.2) is 4.98 Å². The van der Waals surface area contributed by atoms with E-state index in [2.05, 4.69) is 106 Å². The Bertz CT molecular complexity index is 2170. The zero-order valence-electron chi connectivity index (χ0n) is 21.9. The maximum Gasteiger partial charge on any atom is 2.00 e. The number of para-hydroxylation sites is 2. The molecule has 0 spiro atoms. The minimum Gasteiger partial charge on any atom is -0.346 e. The van der Waals surface area contributed by atoms with E-state index in [9.17, 15) is 0 Å². The summed E-state index contributed by atoms with van der Waals surface area (Å²) in [7, 11) is 2.00. The molecular weight excluding hydrogens is 706 g/mol. The molecule has 0 saturated carbocycles. The van der Waals surface area contributed by atoms with Gasteiger partial charge in [-0.3, -0.25) is 4.98 Å². The summed E-state index contributed by atoms with van der Waals surface area (Å²) in [5, 5.41) is 3.29. The molecule has 7 heteroatoms. The summed E-state index contributed by atoms with van der Waals surface area (Å²) in [6.45, 7) is 0. The Labute approximate surface area is 255 Å². The van der Waals surface area contributed by atoms with Crippen LogP contribution in [0.25, 0.3) is 70.9 Å². The second kappa shape index (κ2) is 10.2. The maximum atomic E-state index is 4.89. The van der Waals surface area contributed by atoms with E-state index in [0.29, 0.717) is 0 Å². The van der Waals surface area contributed by atoms with E-state index in [1.54, 1.807) is 11.3 Å². The SMILES string of the molecule is Cn1ccnc1-c1ccnc(-c2[c-]c(-n3c4[c-]c(-c5nc6ccccc6s5)ccc4c4ccccc43)ccc2)c1.[Pt+2]. The Morgan fingerprint density at radius 3 is 2.51 bits per heavy atom. The molecule has 8 aromatic rings. The number of aromatic nitrogens is 5. The number of rotatable bonds is 4. The molecular formula is C34H21N5PtS. The molecule has 0 aliphatic rings. The van der Waals surface area contributed by atoms with Crippen molar-refractivity contribution in [3.63, 3.8) is 0 Å². The summed E-state index contributed by atoms with van der Waals surface area (Å²) < 4.78 is 5.43. The van der Waals surface area contributed by atoms with Crippen molar-refractivity contribution in [3.8, 4) is 38.9 Å². The van der Waals surface area contributed by atoms with Crippen LogP contribution in [0.15, 0.2) is 110 Å². The Morgan fingerprint density at radius 2 is 1.63 bits per heavy atom. The van der Waals surface area contributed by atoms with Crippen LogP contribution >= 0.6 is 11.3 Å². The summed E-state index contributed by atoms with van der Waals surface area (Å²) in [5.74, 6) is 0.902. The predicted molar refractivity (Wildman–Crippen MR) is 162 cm³/mol. The molecule has 0 atom stereocenters. The molecule has 0 N–H and O–H groups in total. The number of fused-ring (bicyclic) bond motifs is 4. The third-order valence-corrected chi connectivity index (χ3v) is 8.31. The second-order valence-electron chi connectivity index (χ2n) is 9.71. The van der Waals surface area contributed by atoms with E-state index >= 15 is 0 Å². The first-order valence-corrected chi connectivity index (χ1v) is 13.8. The molecule has 0 aliphatic carbocycles. The normalized spacial score (nSPS) is 11.3. The van der Waals surface area contributed by atoms with Crippen LogP contribution in [0.3, 0.4) is 0 Å². The molecule has 0 bridgehead atoms. The first kappa shape index (κ1) is 25.6. The molecule has 0 saturated heterocycles. The van der Waals surface area contributed by atoms with Gasteiger partial charge in [-0.15, -0.1) is 53.6 Å². The van der Waals surface area contributed by atoms with E-state index in [4.69, 9.17) is 4.98 Å². The van der Waals surface area contributed by atoms with Gasteiger partial charge in [-0.1, -0.05) is 41.8 Å². The monoisotopic (exact) mass is 726 g/mol. The van der Waals surface area contributed by atoms with Crippen molar-refractivity contribution >= 4 is 43.4 Å². The Kier molecular flexibility index (Phi) is 6.38. The number of nitrogens with zero attached hydrogens (tertiary/aromatic N) is 5. The summed E-state index contributed by atoms with van der Waals surface area (Å²) >= 11 is 1.69. The van der Waals surface area contributed by atoms with Gasteiger partial charge in [0, 0.05) is 46.4 Å². The molecule has 0 radical (unpaired) electrons. The molecule has 198 valence electrons. The summed E-state index contributed by atoms with van der Waals surface area (Å²) in [4.78, 5) is 14.1. The van der Waals surface area contributed by atoms with E-state index in [0.717, 1.165) is 60.8 Å². The molecule has 8 rings (SSSR count). The van der Waals surface area contributed by atoms with Crippen LogP contribution in [-0.2, 0) is 28.1 Å². The predicted octanol–water partition coefficient (Wildman–Crippen LogP) is 8.12. The van der Waals surface area contributed by atoms with E-state index in [1.807, 2.05) is 42.3 Å². The van der Waals surface area contributed by atoms with Gasteiger partial charge in [0.1, 0.15) is 5.82 Å². The van der Waals surface area contributed by atoms with Gasteiger partial charge in [0.05, 0.1) is 5.52 Å². The van der Waals surface area contributed by atoms with Crippen LogP contribution in [0.2, 0.25) is 0 Å². The number of hydrogen-bond acceptors (Lipinski definition) is 4. The van der Waals surface area contributed by atoms with E-state index in [1.165, 1.54) is 10.1 Å². The number of imidazole rings is 1. The van der Waals surface area contributed by atoms with Gasteiger partial charge in [0.25, 0.3) is 0 Å². The van der Waals surface area contributed by atoms with Crippen molar-refractivity contribution in [2.24, 2.45) is 7.05 Å². The van der Waals surface area contributed by atoms with Crippen LogP contribution < -0.4 is 0 Å². The minimum atomic E-state index is 0. The van der Waals surface area contributed by atoms with Crippen molar-refractivity contribution in [2.45, 2.75) is 0 Å². The Balaban J connectivity index is 0.00000276. The van der Waals surface area contributed by atoms with Gasteiger partial charge in [0.15, 0.2) is 0 Å². The number of hydrogen-bond donors (Lipinski definition) is 0. The Morgan fingerprint density at radius 1 is 0.756 bits per heavy atom. The standard InChI is InChI=1S/C34H21N5S.Pt/c1-38-18-17-36-33(38)23-15-16-35-29(20-23)22-7-6-8-25(19-22)39-30-11-4-2-9-26(30)27-14-13-24(21-31(27)39)34-37-28-10-3-5-12-32(28)40-34;/h2-18,20H,1H3;/q-2;+2. The van der Waals surface area contributed by atoms with Crippen LogP contribution in [0.1, 0.15) is 0 Å². The fourth-order valence-corrected chi connectivity index (χ4v) is 6.30. The molecule has 0 aliphatic heterocycles. The van der Waals surface area contributed by atoms with Crippen LogP contribution in [0.5, 0.6) is 0 Å². The maximum absolute atomic E-state index is 4.89. The first-order chi connectivity index (χ1) is 19.7. The van der Waals surface area contributed by atoms with Gasteiger partial charge in [0.2, 0.25) is 0 Å². The third kappa shape index (κ3) is 4.31. The van der Waals surface area contributed by atoms with Crippen molar-refractivity contribution in [1.82, 2.24) is 24.1 Å². The number of aryl methyl sites for hydroxylation is 1. The number of thiazole rings is 1. The van der Waals surface area contributed by atoms with Crippen molar-refractivity contribution in [1.29, 1.82) is 0 Å². The molecule has 5 nitrogen and oxygen atoms in total. The average Bonchev–Trinajstić information content (AvgIpc) is 3.72. The van der Waals surface area contributed by atoms with Crippen LogP contribution in [0.4, 0.5) is 0 Å². The molecule has 0 amide bonds. The minimum absolute atomic E-state index is 0. The Hall–Kier alpha value is -4.38. The summed E-state index contributed by atoms with van der Waals surface area (Å²) in [6.07, 6.45) is 5.59. The van der Waals surface area contributed by atoms with Crippen LogP contribution in [0, 0.1) is 12.1 Å². The summed E-state index contributed by atoms with van der Waals surface area (Å²) in [6, 6.07) is 38.7. The van der Waals surface area contributed by atoms with Crippen molar-refractivity contribution in [2.75, 3.05) is 0 Å². The molecule has 4 aromatic carbocycles. The van der Waals surface area contributed by atoms with Gasteiger partial charge in [-0.05, 0) is 46.5 Å². The molecule has 4 heterocycles. The molecule has 0 fully saturated rings. The topological polar surface area (TPSA) is 48.5 Å². The smallest absolute Gasteiger partial charge is 0.346 e. The molecule has 41 heavy (non-hydrogen) atoms. The fourth-order valence-electron chi connectivity index (χ4n) is 5.35. The zero-order valence-corrected chi connectivity index (χ0v) is 24.9. The van der Waals surface area contributed by atoms with Gasteiger partial charge >= 0.3 is 21.1 Å². The summed E-state index contributed by atoms with van der Waals surface area (Å²) in [5.41, 5.74) is 7.83. The number of benzene rings is 4. The molecule has 0 unspecified atom stereocenters. The van der Waals surface area contributed by atoms with Crippen molar-refractivity contribution < 1.29 is 21.1 Å². The fraction of sp³-hybridized carbons (Fsp3) is 0.0294. The van der Waals surface area contributed by atoms with Crippen LogP contribution in [-0.4, -0.2) is 24.1 Å². The molecule has 4 aromatic heterocycles. The van der Waals surface area contributed by atoms with E-state index < -0.39 is 0 Å². The average molecular weight is 727 g/mol. The third-order valence-electron chi connectivity index (χ3n) is 7.24. The largest absolute Gasteiger partial charge is 2.00 e.